The number of piperidine rings is 1. The van der Waals surface area contributed by atoms with E-state index < -0.39 is 0 Å². The number of thiazole rings is 1. The Labute approximate surface area is 120 Å². The summed E-state index contributed by atoms with van der Waals surface area (Å²) in [5.41, 5.74) is 1.90. The van der Waals surface area contributed by atoms with Gasteiger partial charge in [0.05, 0.1) is 5.69 Å². The van der Waals surface area contributed by atoms with E-state index in [2.05, 4.69) is 24.1 Å². The smallest absolute Gasteiger partial charge is 0.185 e. The summed E-state index contributed by atoms with van der Waals surface area (Å²) in [6.45, 7) is 8.08. The summed E-state index contributed by atoms with van der Waals surface area (Å²) in [4.78, 5) is 8.93. The van der Waals surface area contributed by atoms with E-state index >= 15 is 0 Å². The van der Waals surface area contributed by atoms with Crippen LogP contribution >= 0.6 is 11.3 Å². The molecule has 0 atom stereocenters. The van der Waals surface area contributed by atoms with Gasteiger partial charge < -0.3 is 10.2 Å². The van der Waals surface area contributed by atoms with Gasteiger partial charge in [0.2, 0.25) is 0 Å². The van der Waals surface area contributed by atoms with Crippen molar-refractivity contribution in [1.82, 2.24) is 10.3 Å². The van der Waals surface area contributed by atoms with Crippen molar-refractivity contribution < 1.29 is 0 Å². The Balaban J connectivity index is 1.75. The zero-order chi connectivity index (χ0) is 13.5. The maximum atomic E-state index is 4.97. The van der Waals surface area contributed by atoms with E-state index in [4.69, 9.17) is 4.98 Å². The van der Waals surface area contributed by atoms with Crippen LogP contribution in [0.1, 0.15) is 56.0 Å². The summed E-state index contributed by atoms with van der Waals surface area (Å²) in [5, 5.41) is 4.55. The Hall–Kier alpha value is -0.610. The first-order valence-corrected chi connectivity index (χ1v) is 8.30. The fourth-order valence-electron chi connectivity index (χ4n) is 2.75. The van der Waals surface area contributed by atoms with Crippen LogP contribution in [0.15, 0.2) is 0 Å². The van der Waals surface area contributed by atoms with Gasteiger partial charge in [-0.3, -0.25) is 0 Å². The molecule has 0 bridgehead atoms. The van der Waals surface area contributed by atoms with Gasteiger partial charge in [0.15, 0.2) is 5.13 Å². The topological polar surface area (TPSA) is 28.2 Å². The molecule has 4 heteroatoms. The van der Waals surface area contributed by atoms with Crippen LogP contribution in [-0.2, 0) is 6.54 Å². The number of aromatic nitrogens is 1. The van der Waals surface area contributed by atoms with Crippen LogP contribution in [0.4, 0.5) is 5.13 Å². The molecule has 2 heterocycles. The zero-order valence-corrected chi connectivity index (χ0v) is 13.1. The van der Waals surface area contributed by atoms with E-state index in [1.165, 1.54) is 54.5 Å². The fraction of sp³-hybridized carbons (Fsp3) is 0.800. The second kappa shape index (κ2) is 5.06. The largest absolute Gasteiger partial charge is 0.348 e. The normalized spacial score (nSPS) is 22.8. The Bertz CT molecular complexity index is 438. The molecule has 0 spiro atoms. The van der Waals surface area contributed by atoms with E-state index in [1.807, 2.05) is 18.4 Å². The van der Waals surface area contributed by atoms with E-state index in [0.717, 1.165) is 12.5 Å². The minimum atomic E-state index is 0.515. The first-order valence-electron chi connectivity index (χ1n) is 7.48. The average Bonchev–Trinajstić information content (AvgIpc) is 3.12. The lowest BCUT2D eigenvalue weighted by Gasteiger charge is -2.36. The Morgan fingerprint density at radius 1 is 1.32 bits per heavy atom. The van der Waals surface area contributed by atoms with E-state index in [-0.39, 0.29) is 0 Å². The average molecular weight is 279 g/mol. The quantitative estimate of drug-likeness (QED) is 0.916. The van der Waals surface area contributed by atoms with Gasteiger partial charge in [-0.2, -0.15) is 0 Å². The Kier molecular flexibility index (Phi) is 3.56. The molecule has 3 rings (SSSR count). The van der Waals surface area contributed by atoms with Crippen LogP contribution in [0.3, 0.4) is 0 Å². The van der Waals surface area contributed by atoms with Gasteiger partial charge in [-0.1, -0.05) is 13.8 Å². The van der Waals surface area contributed by atoms with Crippen molar-refractivity contribution in [2.45, 2.75) is 52.0 Å². The maximum Gasteiger partial charge on any atom is 0.185 e. The number of anilines is 1. The second-order valence-corrected chi connectivity index (χ2v) is 7.82. The fourth-order valence-corrected chi connectivity index (χ4v) is 3.96. The number of hydrogen-bond acceptors (Lipinski definition) is 4. The lowest BCUT2D eigenvalue weighted by Crippen LogP contribution is -2.37. The van der Waals surface area contributed by atoms with Gasteiger partial charge in [-0.25, -0.2) is 4.98 Å². The number of rotatable bonds is 4. The maximum absolute atomic E-state index is 4.97. The molecule has 1 aromatic rings. The summed E-state index contributed by atoms with van der Waals surface area (Å²) in [5.74, 6) is 0.759. The zero-order valence-electron chi connectivity index (χ0n) is 12.3. The molecule has 0 radical (unpaired) electrons. The van der Waals surface area contributed by atoms with Crippen LogP contribution in [0, 0.1) is 5.41 Å². The Morgan fingerprint density at radius 2 is 2.00 bits per heavy atom. The van der Waals surface area contributed by atoms with Crippen molar-refractivity contribution in [3.8, 4) is 0 Å². The molecule has 2 fully saturated rings. The van der Waals surface area contributed by atoms with Crippen molar-refractivity contribution >= 4 is 16.5 Å². The minimum absolute atomic E-state index is 0.515. The van der Waals surface area contributed by atoms with Crippen LogP contribution in [0.25, 0.3) is 0 Å². The van der Waals surface area contributed by atoms with Crippen molar-refractivity contribution in [2.75, 3.05) is 25.0 Å². The standard InChI is InChI=1S/C15H25N3S/c1-15(2)6-8-18(9-7-15)14-17-13(11-4-5-11)12(19-14)10-16-3/h11,16H,4-10H2,1-3H3. The molecular weight excluding hydrogens is 254 g/mol. The predicted molar refractivity (Wildman–Crippen MR) is 82.1 cm³/mol. The summed E-state index contributed by atoms with van der Waals surface area (Å²) in [6, 6.07) is 0. The third-order valence-corrected chi connectivity index (χ3v) is 5.54. The highest BCUT2D eigenvalue weighted by Crippen LogP contribution is 2.44. The van der Waals surface area contributed by atoms with Crippen LogP contribution in [0.5, 0.6) is 0 Å². The molecule has 106 valence electrons. The highest BCUT2D eigenvalue weighted by Gasteiger charge is 2.32. The van der Waals surface area contributed by atoms with Crippen molar-refractivity contribution in [1.29, 1.82) is 0 Å². The molecule has 2 aliphatic rings. The summed E-state index contributed by atoms with van der Waals surface area (Å²) in [6.07, 6.45) is 5.25. The summed E-state index contributed by atoms with van der Waals surface area (Å²) >= 11 is 1.91. The van der Waals surface area contributed by atoms with Crippen LogP contribution in [-0.4, -0.2) is 25.1 Å². The third kappa shape index (κ3) is 2.95. The molecule has 1 aromatic heterocycles. The lowest BCUT2D eigenvalue weighted by atomic mass is 9.83. The molecule has 1 aliphatic heterocycles. The number of nitrogens with zero attached hydrogens (tertiary/aromatic N) is 2. The SMILES string of the molecule is CNCc1sc(N2CCC(C)(C)CC2)nc1C1CC1. The molecule has 1 saturated heterocycles. The lowest BCUT2D eigenvalue weighted by molar-refractivity contribution is 0.279. The van der Waals surface area contributed by atoms with Crippen molar-refractivity contribution in [2.24, 2.45) is 5.41 Å². The van der Waals surface area contributed by atoms with Gasteiger partial charge in [0.1, 0.15) is 0 Å². The first kappa shape index (κ1) is 13.4. The minimum Gasteiger partial charge on any atom is -0.348 e. The molecule has 0 aromatic carbocycles. The summed E-state index contributed by atoms with van der Waals surface area (Å²) < 4.78 is 0. The Morgan fingerprint density at radius 3 is 2.58 bits per heavy atom. The molecule has 1 aliphatic carbocycles. The summed E-state index contributed by atoms with van der Waals surface area (Å²) in [7, 11) is 2.03. The van der Waals surface area contributed by atoms with Gasteiger partial charge >= 0.3 is 0 Å². The second-order valence-electron chi connectivity index (χ2n) is 6.76. The third-order valence-electron chi connectivity index (χ3n) is 4.41. The van der Waals surface area contributed by atoms with E-state index in [1.54, 1.807) is 0 Å². The number of nitrogens with one attached hydrogen (secondary N) is 1. The highest BCUT2D eigenvalue weighted by molar-refractivity contribution is 7.15. The van der Waals surface area contributed by atoms with Crippen molar-refractivity contribution in [3.63, 3.8) is 0 Å². The molecular formula is C15H25N3S. The van der Waals surface area contributed by atoms with Crippen molar-refractivity contribution in [3.05, 3.63) is 10.6 Å². The van der Waals surface area contributed by atoms with Gasteiger partial charge in [-0.05, 0) is 38.1 Å². The van der Waals surface area contributed by atoms with Crippen LogP contribution in [0.2, 0.25) is 0 Å². The molecule has 3 nitrogen and oxygen atoms in total. The van der Waals surface area contributed by atoms with Crippen LogP contribution < -0.4 is 10.2 Å². The number of hydrogen-bond donors (Lipinski definition) is 1. The molecule has 0 unspecified atom stereocenters. The predicted octanol–water partition coefficient (Wildman–Crippen LogP) is 3.37. The monoisotopic (exact) mass is 279 g/mol. The molecule has 0 amide bonds. The molecule has 1 saturated carbocycles. The molecule has 1 N–H and O–H groups in total. The highest BCUT2D eigenvalue weighted by atomic mass is 32.1. The molecule has 19 heavy (non-hydrogen) atoms. The van der Waals surface area contributed by atoms with E-state index in [9.17, 15) is 0 Å². The van der Waals surface area contributed by atoms with Gasteiger partial charge in [-0.15, -0.1) is 11.3 Å². The van der Waals surface area contributed by atoms with Gasteiger partial charge in [0.25, 0.3) is 0 Å². The van der Waals surface area contributed by atoms with E-state index in [0.29, 0.717) is 5.41 Å². The van der Waals surface area contributed by atoms with Gasteiger partial charge in [0, 0.05) is 30.4 Å². The first-order chi connectivity index (χ1) is 9.09.